The van der Waals surface area contributed by atoms with Gasteiger partial charge in [-0.25, -0.2) is 9.97 Å². The smallest absolute Gasteiger partial charge is 0.257 e. The number of hydrogen-bond donors (Lipinski definition) is 0. The Kier molecular flexibility index (Phi) is 6.81. The second kappa shape index (κ2) is 10.3. The Hall–Kier alpha value is -3.65. The highest BCUT2D eigenvalue weighted by molar-refractivity contribution is 5.97. The first-order chi connectivity index (χ1) is 17.2. The number of amides is 1. The van der Waals surface area contributed by atoms with Crippen molar-refractivity contribution >= 4 is 11.7 Å². The molecule has 0 radical (unpaired) electrons. The van der Waals surface area contributed by atoms with E-state index in [2.05, 4.69) is 4.90 Å². The maximum atomic E-state index is 13.4. The number of ether oxygens (including phenoxy) is 3. The molecule has 0 bridgehead atoms. The molecule has 0 N–H and O–H groups in total. The molecule has 5 rings (SSSR count). The number of rotatable bonds is 6. The number of hydrogen-bond acceptors (Lipinski definition) is 7. The fourth-order valence-electron chi connectivity index (χ4n) is 4.65. The van der Waals surface area contributed by atoms with Gasteiger partial charge in [0.25, 0.3) is 5.91 Å². The minimum Gasteiger partial charge on any atom is -0.497 e. The molecule has 0 aliphatic carbocycles. The molecule has 3 heterocycles. The van der Waals surface area contributed by atoms with E-state index in [1.165, 1.54) is 0 Å². The quantitative estimate of drug-likeness (QED) is 0.543. The molecule has 35 heavy (non-hydrogen) atoms. The number of benzene rings is 2. The van der Waals surface area contributed by atoms with Gasteiger partial charge >= 0.3 is 0 Å². The third kappa shape index (κ3) is 4.93. The average molecular weight is 475 g/mol. The fraction of sp³-hybridized carbons (Fsp3) is 0.370. The Labute approximate surface area is 205 Å². The zero-order valence-electron chi connectivity index (χ0n) is 20.2. The van der Waals surface area contributed by atoms with Crippen LogP contribution in [0.2, 0.25) is 0 Å². The summed E-state index contributed by atoms with van der Waals surface area (Å²) in [5, 5.41) is 0. The van der Waals surface area contributed by atoms with E-state index in [4.69, 9.17) is 24.2 Å². The predicted molar refractivity (Wildman–Crippen MR) is 132 cm³/mol. The Balaban J connectivity index is 1.46. The summed E-state index contributed by atoms with van der Waals surface area (Å²) in [6.45, 7) is 3.94. The third-order valence-corrected chi connectivity index (χ3v) is 6.54. The van der Waals surface area contributed by atoms with Gasteiger partial charge in [-0.05, 0) is 29.8 Å². The van der Waals surface area contributed by atoms with Crippen LogP contribution in [0.1, 0.15) is 33.0 Å². The summed E-state index contributed by atoms with van der Waals surface area (Å²) in [6, 6.07) is 15.4. The molecular weight excluding hydrogens is 444 g/mol. The van der Waals surface area contributed by atoms with Crippen LogP contribution in [0.5, 0.6) is 11.5 Å². The van der Waals surface area contributed by atoms with Crippen molar-refractivity contribution in [3.8, 4) is 11.5 Å². The number of carbonyl (C=O) groups excluding carboxylic acids is 1. The maximum absolute atomic E-state index is 13.4. The molecule has 1 amide bonds. The topological polar surface area (TPSA) is 77.0 Å². The van der Waals surface area contributed by atoms with E-state index in [1.807, 2.05) is 53.4 Å². The lowest BCUT2D eigenvalue weighted by atomic mass is 10.0. The highest BCUT2D eigenvalue weighted by Crippen LogP contribution is 2.30. The van der Waals surface area contributed by atoms with Gasteiger partial charge in [-0.2, -0.15) is 0 Å². The zero-order chi connectivity index (χ0) is 24.2. The van der Waals surface area contributed by atoms with Crippen LogP contribution in [-0.2, 0) is 24.1 Å². The van der Waals surface area contributed by atoms with Crippen LogP contribution in [0.4, 0.5) is 5.82 Å². The number of morpholine rings is 1. The normalized spacial score (nSPS) is 15.5. The first-order valence-corrected chi connectivity index (χ1v) is 11.9. The van der Waals surface area contributed by atoms with E-state index in [0.29, 0.717) is 50.5 Å². The summed E-state index contributed by atoms with van der Waals surface area (Å²) in [7, 11) is 3.25. The number of fused-ring (bicyclic) bond motifs is 1. The predicted octanol–water partition coefficient (Wildman–Crippen LogP) is 3.12. The first-order valence-electron chi connectivity index (χ1n) is 11.9. The Bertz CT molecular complexity index is 1190. The van der Waals surface area contributed by atoms with Crippen molar-refractivity contribution in [3.05, 3.63) is 76.7 Å². The van der Waals surface area contributed by atoms with Crippen LogP contribution in [-0.4, -0.2) is 67.8 Å². The molecule has 0 spiro atoms. The van der Waals surface area contributed by atoms with Gasteiger partial charge < -0.3 is 24.0 Å². The van der Waals surface area contributed by atoms with Gasteiger partial charge in [-0.15, -0.1) is 0 Å². The molecule has 1 fully saturated rings. The zero-order valence-corrected chi connectivity index (χ0v) is 20.2. The minimum absolute atomic E-state index is 0.0386. The van der Waals surface area contributed by atoms with Crippen LogP contribution in [0, 0.1) is 0 Å². The monoisotopic (exact) mass is 474 g/mol. The molecule has 8 nitrogen and oxygen atoms in total. The SMILES string of the molecule is COc1ccc(Cc2nc3c(c(N4CCOCC4)n2)CN(C(=O)c2ccccc2OC)CC3)cc1. The van der Waals surface area contributed by atoms with Crippen LogP contribution in [0.3, 0.4) is 0 Å². The van der Waals surface area contributed by atoms with E-state index in [0.717, 1.165) is 47.3 Å². The van der Waals surface area contributed by atoms with Crippen molar-refractivity contribution in [1.82, 2.24) is 14.9 Å². The molecule has 2 aliphatic heterocycles. The summed E-state index contributed by atoms with van der Waals surface area (Å²) < 4.78 is 16.3. The van der Waals surface area contributed by atoms with Crippen LogP contribution >= 0.6 is 0 Å². The molecule has 2 aromatic carbocycles. The molecule has 182 valence electrons. The highest BCUT2D eigenvalue weighted by Gasteiger charge is 2.29. The maximum Gasteiger partial charge on any atom is 0.257 e. The van der Waals surface area contributed by atoms with Gasteiger partial charge in [0.05, 0.1) is 45.2 Å². The number of nitrogens with zero attached hydrogens (tertiary/aromatic N) is 4. The fourth-order valence-corrected chi connectivity index (χ4v) is 4.65. The van der Waals surface area contributed by atoms with Crippen molar-refractivity contribution in [2.45, 2.75) is 19.4 Å². The Morgan fingerprint density at radius 1 is 0.971 bits per heavy atom. The average Bonchev–Trinajstić information content (AvgIpc) is 2.93. The molecule has 1 aromatic heterocycles. The van der Waals surface area contributed by atoms with Gasteiger partial charge in [0, 0.05) is 38.0 Å². The van der Waals surface area contributed by atoms with Crippen molar-refractivity contribution in [1.29, 1.82) is 0 Å². The van der Waals surface area contributed by atoms with Crippen molar-refractivity contribution in [2.24, 2.45) is 0 Å². The summed E-state index contributed by atoms with van der Waals surface area (Å²) in [5.41, 5.74) is 3.75. The molecule has 0 saturated carbocycles. The summed E-state index contributed by atoms with van der Waals surface area (Å²) >= 11 is 0. The molecule has 3 aromatic rings. The van der Waals surface area contributed by atoms with Gasteiger partial charge in [0.2, 0.25) is 0 Å². The number of anilines is 1. The molecule has 0 unspecified atom stereocenters. The first kappa shape index (κ1) is 23.1. The van der Waals surface area contributed by atoms with E-state index >= 15 is 0 Å². The lowest BCUT2D eigenvalue weighted by Gasteiger charge is -2.34. The second-order valence-electron chi connectivity index (χ2n) is 8.69. The van der Waals surface area contributed by atoms with Crippen molar-refractivity contribution < 1.29 is 19.0 Å². The summed E-state index contributed by atoms with van der Waals surface area (Å²) in [5.74, 6) is 3.08. The van der Waals surface area contributed by atoms with E-state index in [9.17, 15) is 4.79 Å². The van der Waals surface area contributed by atoms with E-state index in [-0.39, 0.29) is 5.91 Å². The van der Waals surface area contributed by atoms with Crippen LogP contribution in [0.15, 0.2) is 48.5 Å². The van der Waals surface area contributed by atoms with E-state index < -0.39 is 0 Å². The number of para-hydroxylation sites is 1. The van der Waals surface area contributed by atoms with E-state index in [1.54, 1.807) is 14.2 Å². The van der Waals surface area contributed by atoms with Gasteiger partial charge in [0.1, 0.15) is 23.1 Å². The molecular formula is C27H30N4O4. The minimum atomic E-state index is -0.0386. The molecule has 1 saturated heterocycles. The van der Waals surface area contributed by atoms with Gasteiger partial charge in [-0.3, -0.25) is 4.79 Å². The molecule has 0 atom stereocenters. The molecule has 8 heteroatoms. The Morgan fingerprint density at radius 2 is 1.74 bits per heavy atom. The van der Waals surface area contributed by atoms with Crippen molar-refractivity contribution in [3.63, 3.8) is 0 Å². The Morgan fingerprint density at radius 3 is 2.49 bits per heavy atom. The molecule has 2 aliphatic rings. The summed E-state index contributed by atoms with van der Waals surface area (Å²) in [4.78, 5) is 27.5. The van der Waals surface area contributed by atoms with Gasteiger partial charge in [-0.1, -0.05) is 24.3 Å². The van der Waals surface area contributed by atoms with Crippen LogP contribution < -0.4 is 14.4 Å². The second-order valence-corrected chi connectivity index (χ2v) is 8.69. The number of carbonyl (C=O) groups is 1. The lowest BCUT2D eigenvalue weighted by molar-refractivity contribution is 0.0729. The summed E-state index contributed by atoms with van der Waals surface area (Å²) in [6.07, 6.45) is 1.32. The van der Waals surface area contributed by atoms with Gasteiger partial charge in [0.15, 0.2) is 0 Å². The number of aromatic nitrogens is 2. The van der Waals surface area contributed by atoms with Crippen LogP contribution in [0.25, 0.3) is 0 Å². The number of methoxy groups -OCH3 is 2. The highest BCUT2D eigenvalue weighted by atomic mass is 16.5. The lowest BCUT2D eigenvalue weighted by Crippen LogP contribution is -2.41. The largest absolute Gasteiger partial charge is 0.497 e. The standard InChI is InChI=1S/C27H30N4O4/c1-33-20-9-7-19(8-10-20)17-25-28-23-11-12-31(27(32)21-5-3-4-6-24(21)34-2)18-22(23)26(29-25)30-13-15-35-16-14-30/h3-10H,11-18H2,1-2H3. The third-order valence-electron chi connectivity index (χ3n) is 6.54. The van der Waals surface area contributed by atoms with Crippen molar-refractivity contribution in [2.75, 3.05) is 52.0 Å².